The van der Waals surface area contributed by atoms with Crippen LogP contribution in [0.4, 0.5) is 0 Å². The highest BCUT2D eigenvalue weighted by Gasteiger charge is 2.17. The number of carbonyl (C=O) groups excluding carboxylic acids is 1. The highest BCUT2D eigenvalue weighted by atomic mass is 35.5. The number of nitrogens with one attached hydrogen (secondary N) is 1. The number of nitrogens with zero attached hydrogens (tertiary/aromatic N) is 1. The number of carbonyl (C=O) groups is 1. The maximum atomic E-state index is 12.6. The molecule has 0 unspecified atom stereocenters. The summed E-state index contributed by atoms with van der Waals surface area (Å²) >= 11 is 7.79. The van der Waals surface area contributed by atoms with Gasteiger partial charge < -0.3 is 0 Å². The SMILES string of the molecule is CC(=NNC(=O)c1sc2cc(C)ccc2c1Cl)c1ccc2ccccc2c1. The molecule has 4 aromatic rings. The van der Waals surface area contributed by atoms with Crippen molar-refractivity contribution in [2.75, 3.05) is 0 Å². The second-order valence-electron chi connectivity index (χ2n) is 6.44. The van der Waals surface area contributed by atoms with Crippen LogP contribution in [0.25, 0.3) is 20.9 Å². The van der Waals surface area contributed by atoms with Crippen molar-refractivity contribution in [3.8, 4) is 0 Å². The molecule has 0 spiro atoms. The summed E-state index contributed by atoms with van der Waals surface area (Å²) in [5.41, 5.74) is 5.48. The fraction of sp³-hybridized carbons (Fsp3) is 0.0909. The molecule has 0 saturated heterocycles. The molecule has 0 aliphatic carbocycles. The Labute approximate surface area is 166 Å². The zero-order valence-electron chi connectivity index (χ0n) is 14.9. The third-order valence-corrected chi connectivity index (χ3v) is 6.14. The van der Waals surface area contributed by atoms with E-state index in [1.54, 1.807) is 0 Å². The standard InChI is InChI=1S/C22H17ClN2OS/c1-13-7-10-18-19(11-13)27-21(20(18)23)22(26)25-24-14(2)16-9-8-15-5-3-4-6-17(15)12-16/h3-12H,1-2H3,(H,25,26). The van der Waals surface area contributed by atoms with Crippen molar-refractivity contribution in [3.05, 3.63) is 81.7 Å². The summed E-state index contributed by atoms with van der Waals surface area (Å²) in [5, 5.41) is 7.95. The topological polar surface area (TPSA) is 41.5 Å². The van der Waals surface area contributed by atoms with E-state index in [1.807, 2.05) is 50.2 Å². The monoisotopic (exact) mass is 392 g/mol. The Morgan fingerprint density at radius 3 is 2.63 bits per heavy atom. The molecule has 3 nitrogen and oxygen atoms in total. The highest BCUT2D eigenvalue weighted by Crippen LogP contribution is 2.35. The zero-order valence-corrected chi connectivity index (χ0v) is 16.5. The number of rotatable bonds is 3. The molecule has 27 heavy (non-hydrogen) atoms. The maximum Gasteiger partial charge on any atom is 0.283 e. The molecule has 1 aromatic heterocycles. The third-order valence-electron chi connectivity index (χ3n) is 4.48. The molecular formula is C22H17ClN2OS. The van der Waals surface area contributed by atoms with Gasteiger partial charge in [0.15, 0.2) is 0 Å². The predicted octanol–water partition coefficient (Wildman–Crippen LogP) is 6.17. The van der Waals surface area contributed by atoms with Crippen molar-refractivity contribution in [2.24, 2.45) is 5.10 Å². The molecule has 1 amide bonds. The molecule has 0 aliphatic rings. The van der Waals surface area contributed by atoms with Gasteiger partial charge in [-0.3, -0.25) is 4.79 Å². The fourth-order valence-electron chi connectivity index (χ4n) is 2.98. The molecule has 0 radical (unpaired) electrons. The fourth-order valence-corrected chi connectivity index (χ4v) is 4.49. The van der Waals surface area contributed by atoms with E-state index in [-0.39, 0.29) is 5.91 Å². The third kappa shape index (κ3) is 3.46. The zero-order chi connectivity index (χ0) is 19.0. The lowest BCUT2D eigenvalue weighted by Gasteiger charge is -2.04. The van der Waals surface area contributed by atoms with E-state index >= 15 is 0 Å². The number of fused-ring (bicyclic) bond motifs is 2. The molecule has 0 saturated carbocycles. The Kier molecular flexibility index (Phi) is 4.68. The van der Waals surface area contributed by atoms with Crippen molar-refractivity contribution >= 4 is 55.4 Å². The molecule has 0 aliphatic heterocycles. The first-order chi connectivity index (χ1) is 13.0. The van der Waals surface area contributed by atoms with Gasteiger partial charge in [-0.25, -0.2) is 5.43 Å². The minimum absolute atomic E-state index is 0.293. The first-order valence-electron chi connectivity index (χ1n) is 8.55. The van der Waals surface area contributed by atoms with Crippen molar-refractivity contribution in [3.63, 3.8) is 0 Å². The van der Waals surface area contributed by atoms with Gasteiger partial charge in [0.2, 0.25) is 0 Å². The van der Waals surface area contributed by atoms with E-state index in [4.69, 9.17) is 11.6 Å². The number of halogens is 1. The number of benzene rings is 3. The first kappa shape index (κ1) is 17.7. The van der Waals surface area contributed by atoms with Crippen LogP contribution in [-0.2, 0) is 0 Å². The number of hydrogen-bond acceptors (Lipinski definition) is 3. The predicted molar refractivity (Wildman–Crippen MR) is 115 cm³/mol. The highest BCUT2D eigenvalue weighted by molar-refractivity contribution is 7.21. The lowest BCUT2D eigenvalue weighted by Crippen LogP contribution is -2.18. The van der Waals surface area contributed by atoms with E-state index in [0.29, 0.717) is 9.90 Å². The summed E-state index contributed by atoms with van der Waals surface area (Å²) in [6.45, 7) is 3.89. The summed E-state index contributed by atoms with van der Waals surface area (Å²) in [5.74, 6) is -0.293. The van der Waals surface area contributed by atoms with Crippen molar-refractivity contribution in [1.82, 2.24) is 5.43 Å². The van der Waals surface area contributed by atoms with Gasteiger partial charge in [-0.2, -0.15) is 5.10 Å². The summed E-state index contributed by atoms with van der Waals surface area (Å²) < 4.78 is 1.00. The molecular weight excluding hydrogens is 376 g/mol. The smallest absolute Gasteiger partial charge is 0.266 e. The molecule has 134 valence electrons. The van der Waals surface area contributed by atoms with Gasteiger partial charge in [-0.1, -0.05) is 60.1 Å². The Morgan fingerprint density at radius 1 is 1.04 bits per heavy atom. The van der Waals surface area contributed by atoms with Crippen LogP contribution >= 0.6 is 22.9 Å². The Balaban J connectivity index is 1.59. The lowest BCUT2D eigenvalue weighted by molar-refractivity contribution is 0.0959. The molecule has 1 N–H and O–H groups in total. The Hall–Kier alpha value is -2.69. The molecule has 1 heterocycles. The quantitative estimate of drug-likeness (QED) is 0.328. The van der Waals surface area contributed by atoms with Gasteiger partial charge in [-0.15, -0.1) is 11.3 Å². The molecule has 3 aromatic carbocycles. The van der Waals surface area contributed by atoms with Crippen molar-refractivity contribution < 1.29 is 4.79 Å². The number of thiophene rings is 1. The van der Waals surface area contributed by atoms with Crippen molar-refractivity contribution in [1.29, 1.82) is 0 Å². The lowest BCUT2D eigenvalue weighted by atomic mass is 10.0. The molecule has 5 heteroatoms. The molecule has 0 fully saturated rings. The first-order valence-corrected chi connectivity index (χ1v) is 9.75. The van der Waals surface area contributed by atoms with E-state index in [0.717, 1.165) is 32.3 Å². The summed E-state index contributed by atoms with van der Waals surface area (Å²) in [7, 11) is 0. The number of hydrazone groups is 1. The van der Waals surface area contributed by atoms with Crippen LogP contribution in [-0.4, -0.2) is 11.6 Å². The summed E-state index contributed by atoms with van der Waals surface area (Å²) in [6, 6.07) is 20.2. The largest absolute Gasteiger partial charge is 0.283 e. The van der Waals surface area contributed by atoms with Crippen LogP contribution < -0.4 is 5.43 Å². The average Bonchev–Trinajstić information content (AvgIpc) is 3.01. The Bertz CT molecular complexity index is 1210. The average molecular weight is 393 g/mol. The molecule has 4 rings (SSSR count). The van der Waals surface area contributed by atoms with Gasteiger partial charge in [0.05, 0.1) is 10.7 Å². The van der Waals surface area contributed by atoms with Crippen LogP contribution in [0.2, 0.25) is 5.02 Å². The van der Waals surface area contributed by atoms with Gasteiger partial charge in [0.25, 0.3) is 5.91 Å². The van der Waals surface area contributed by atoms with Crippen LogP contribution in [0.3, 0.4) is 0 Å². The van der Waals surface area contributed by atoms with E-state index in [1.165, 1.54) is 16.7 Å². The Morgan fingerprint density at radius 2 is 1.81 bits per heavy atom. The van der Waals surface area contributed by atoms with Crippen molar-refractivity contribution in [2.45, 2.75) is 13.8 Å². The van der Waals surface area contributed by atoms with Gasteiger partial charge in [0.1, 0.15) is 4.88 Å². The second kappa shape index (κ2) is 7.14. The minimum Gasteiger partial charge on any atom is -0.266 e. The van der Waals surface area contributed by atoms with Crippen LogP contribution in [0.1, 0.15) is 27.7 Å². The molecule has 0 bridgehead atoms. The minimum atomic E-state index is -0.293. The normalized spacial score (nSPS) is 11.9. The van der Waals surface area contributed by atoms with Gasteiger partial charge in [0, 0.05) is 10.1 Å². The number of aryl methyl sites for hydroxylation is 1. The van der Waals surface area contributed by atoms with Gasteiger partial charge in [-0.05, 0) is 47.9 Å². The summed E-state index contributed by atoms with van der Waals surface area (Å²) in [6.07, 6.45) is 0. The number of hydrogen-bond donors (Lipinski definition) is 1. The second-order valence-corrected chi connectivity index (χ2v) is 7.88. The maximum absolute atomic E-state index is 12.6. The number of amides is 1. The van der Waals surface area contributed by atoms with Gasteiger partial charge >= 0.3 is 0 Å². The van der Waals surface area contributed by atoms with E-state index < -0.39 is 0 Å². The van der Waals surface area contributed by atoms with Crippen LogP contribution in [0, 0.1) is 6.92 Å². The van der Waals surface area contributed by atoms with Crippen LogP contribution in [0.5, 0.6) is 0 Å². The van der Waals surface area contributed by atoms with E-state index in [9.17, 15) is 4.79 Å². The summed E-state index contributed by atoms with van der Waals surface area (Å²) in [4.78, 5) is 13.1. The molecule has 0 atom stereocenters. The van der Waals surface area contributed by atoms with Crippen LogP contribution in [0.15, 0.2) is 65.8 Å². The van der Waals surface area contributed by atoms with E-state index in [2.05, 4.69) is 34.8 Å².